The molecule has 0 aliphatic carbocycles. The lowest BCUT2D eigenvalue weighted by Gasteiger charge is -2.11. The number of nitrogens with one attached hydrogen (secondary N) is 1. The van der Waals surface area contributed by atoms with E-state index in [-0.39, 0.29) is 17.7 Å². The van der Waals surface area contributed by atoms with Crippen LogP contribution < -0.4 is 5.32 Å². The molecule has 1 atom stereocenters. The summed E-state index contributed by atoms with van der Waals surface area (Å²) in [6, 6.07) is 13.3. The number of rotatable bonds is 4. The Labute approximate surface area is 135 Å². The Morgan fingerprint density at radius 3 is 2.65 bits per heavy atom. The number of nitrogens with zero attached hydrogens (tertiary/aromatic N) is 2. The highest BCUT2D eigenvalue weighted by atomic mass is 16.2. The first kappa shape index (κ1) is 15.2. The molecule has 2 heterocycles. The van der Waals surface area contributed by atoms with E-state index in [0.717, 1.165) is 17.7 Å². The second-order valence-corrected chi connectivity index (χ2v) is 5.86. The Kier molecular flexibility index (Phi) is 4.37. The number of hydrogen-bond donors (Lipinski definition) is 1. The highest BCUT2D eigenvalue weighted by molar-refractivity contribution is 5.91. The van der Waals surface area contributed by atoms with Crippen molar-refractivity contribution in [2.24, 2.45) is 0 Å². The maximum atomic E-state index is 12.0. The third-order valence-corrected chi connectivity index (χ3v) is 4.07. The molecule has 23 heavy (non-hydrogen) atoms. The smallest absolute Gasteiger partial charge is 0.229 e. The fourth-order valence-corrected chi connectivity index (χ4v) is 2.78. The molecule has 1 unspecified atom stereocenters. The Hall–Kier alpha value is -2.69. The number of likely N-dealkylation sites (N-methyl/N-ethyl adjacent to an activating group) is 1. The van der Waals surface area contributed by atoms with Gasteiger partial charge in [0, 0.05) is 32.1 Å². The molecule has 1 aliphatic rings. The standard InChI is InChI=1S/C18H19N3O2/c1-21-12-15(10-18(21)23)14-7-8-16(19-11-14)20-17(22)9-13-5-3-2-4-6-13/h2-8,11,15H,9-10,12H2,1H3,(H,19,20,22). The van der Waals surface area contributed by atoms with Crippen molar-refractivity contribution in [1.29, 1.82) is 0 Å². The summed E-state index contributed by atoms with van der Waals surface area (Å²) in [6.45, 7) is 0.722. The maximum absolute atomic E-state index is 12.0. The van der Waals surface area contributed by atoms with Crippen LogP contribution in [0.1, 0.15) is 23.5 Å². The summed E-state index contributed by atoms with van der Waals surface area (Å²) in [6.07, 6.45) is 2.60. The zero-order valence-corrected chi connectivity index (χ0v) is 13.0. The number of amides is 2. The van der Waals surface area contributed by atoms with Crippen LogP contribution in [0.3, 0.4) is 0 Å². The average Bonchev–Trinajstić information content (AvgIpc) is 2.88. The summed E-state index contributed by atoms with van der Waals surface area (Å²) in [5.74, 6) is 0.795. The van der Waals surface area contributed by atoms with Crippen molar-refractivity contribution in [1.82, 2.24) is 9.88 Å². The van der Waals surface area contributed by atoms with Crippen molar-refractivity contribution in [3.05, 3.63) is 59.8 Å². The van der Waals surface area contributed by atoms with Gasteiger partial charge in [-0.2, -0.15) is 0 Å². The van der Waals surface area contributed by atoms with Crippen LogP contribution in [0.4, 0.5) is 5.82 Å². The topological polar surface area (TPSA) is 62.3 Å². The zero-order valence-electron chi connectivity index (χ0n) is 13.0. The van der Waals surface area contributed by atoms with E-state index in [1.54, 1.807) is 17.2 Å². The van der Waals surface area contributed by atoms with Crippen molar-refractivity contribution in [3.63, 3.8) is 0 Å². The molecule has 0 spiro atoms. The molecular formula is C18H19N3O2. The molecule has 2 amide bonds. The van der Waals surface area contributed by atoms with Gasteiger partial charge in [-0.3, -0.25) is 9.59 Å². The molecule has 2 aromatic rings. The summed E-state index contributed by atoms with van der Waals surface area (Å²) >= 11 is 0. The van der Waals surface area contributed by atoms with E-state index in [0.29, 0.717) is 18.7 Å². The molecular weight excluding hydrogens is 290 g/mol. The summed E-state index contributed by atoms with van der Waals surface area (Å²) < 4.78 is 0. The van der Waals surface area contributed by atoms with Gasteiger partial charge in [0.15, 0.2) is 0 Å². The number of aromatic nitrogens is 1. The van der Waals surface area contributed by atoms with Crippen molar-refractivity contribution in [2.45, 2.75) is 18.8 Å². The first-order chi connectivity index (χ1) is 11.1. The van der Waals surface area contributed by atoms with E-state index >= 15 is 0 Å². The minimum Gasteiger partial charge on any atom is -0.345 e. The SMILES string of the molecule is CN1CC(c2ccc(NC(=O)Cc3ccccc3)nc2)CC1=O. The molecule has 1 aromatic carbocycles. The number of carbonyl (C=O) groups excluding carboxylic acids is 2. The number of pyridine rings is 1. The molecule has 1 aromatic heterocycles. The Bertz CT molecular complexity index is 698. The quantitative estimate of drug-likeness (QED) is 0.942. The van der Waals surface area contributed by atoms with Crippen molar-refractivity contribution >= 4 is 17.6 Å². The van der Waals surface area contributed by atoms with E-state index in [1.807, 2.05) is 43.4 Å². The lowest BCUT2D eigenvalue weighted by atomic mass is 10.0. The Morgan fingerprint density at radius 1 is 1.26 bits per heavy atom. The third-order valence-electron chi connectivity index (χ3n) is 4.07. The molecule has 118 valence electrons. The molecule has 5 nitrogen and oxygen atoms in total. The fourth-order valence-electron chi connectivity index (χ4n) is 2.78. The van der Waals surface area contributed by atoms with Gasteiger partial charge in [-0.1, -0.05) is 36.4 Å². The van der Waals surface area contributed by atoms with Crippen LogP contribution >= 0.6 is 0 Å². The maximum Gasteiger partial charge on any atom is 0.229 e. The first-order valence-electron chi connectivity index (χ1n) is 7.65. The number of hydrogen-bond acceptors (Lipinski definition) is 3. The second kappa shape index (κ2) is 6.60. The predicted molar refractivity (Wildman–Crippen MR) is 88.0 cm³/mol. The minimum atomic E-state index is -0.0905. The number of benzene rings is 1. The van der Waals surface area contributed by atoms with Crippen LogP contribution in [0.15, 0.2) is 48.7 Å². The molecule has 0 radical (unpaired) electrons. The van der Waals surface area contributed by atoms with Gasteiger partial charge in [-0.25, -0.2) is 4.98 Å². The molecule has 1 N–H and O–H groups in total. The normalized spacial score (nSPS) is 17.3. The first-order valence-corrected chi connectivity index (χ1v) is 7.65. The molecule has 5 heteroatoms. The summed E-state index contributed by atoms with van der Waals surface area (Å²) in [4.78, 5) is 29.6. The molecule has 3 rings (SSSR count). The third kappa shape index (κ3) is 3.74. The van der Waals surface area contributed by atoms with Gasteiger partial charge in [-0.15, -0.1) is 0 Å². The number of anilines is 1. The van der Waals surface area contributed by atoms with Crippen LogP contribution in [-0.2, 0) is 16.0 Å². The fraction of sp³-hybridized carbons (Fsp3) is 0.278. The average molecular weight is 309 g/mol. The lowest BCUT2D eigenvalue weighted by Crippen LogP contribution is -2.18. The van der Waals surface area contributed by atoms with Gasteiger partial charge in [-0.05, 0) is 17.2 Å². The van der Waals surface area contributed by atoms with Gasteiger partial charge in [0.25, 0.3) is 0 Å². The van der Waals surface area contributed by atoms with E-state index in [2.05, 4.69) is 10.3 Å². The van der Waals surface area contributed by atoms with E-state index in [9.17, 15) is 9.59 Å². The molecule has 1 aliphatic heterocycles. The Balaban J connectivity index is 1.59. The van der Waals surface area contributed by atoms with Crippen molar-refractivity contribution in [2.75, 3.05) is 18.9 Å². The van der Waals surface area contributed by atoms with Gasteiger partial charge in [0.1, 0.15) is 5.82 Å². The highest BCUT2D eigenvalue weighted by Gasteiger charge is 2.28. The van der Waals surface area contributed by atoms with Gasteiger partial charge >= 0.3 is 0 Å². The van der Waals surface area contributed by atoms with Gasteiger partial charge < -0.3 is 10.2 Å². The Morgan fingerprint density at radius 2 is 2.04 bits per heavy atom. The van der Waals surface area contributed by atoms with Crippen molar-refractivity contribution in [3.8, 4) is 0 Å². The van der Waals surface area contributed by atoms with Crippen LogP contribution in [0.25, 0.3) is 0 Å². The number of likely N-dealkylation sites (tertiary alicyclic amines) is 1. The molecule has 0 bridgehead atoms. The van der Waals surface area contributed by atoms with Crippen LogP contribution in [-0.4, -0.2) is 35.3 Å². The summed E-state index contributed by atoms with van der Waals surface area (Å²) in [5, 5.41) is 2.80. The molecule has 1 fully saturated rings. The highest BCUT2D eigenvalue weighted by Crippen LogP contribution is 2.27. The van der Waals surface area contributed by atoms with Crippen LogP contribution in [0.5, 0.6) is 0 Å². The van der Waals surface area contributed by atoms with Crippen LogP contribution in [0.2, 0.25) is 0 Å². The molecule has 1 saturated heterocycles. The predicted octanol–water partition coefficient (Wildman–Crippen LogP) is 2.21. The molecule has 0 saturated carbocycles. The summed E-state index contributed by atoms with van der Waals surface area (Å²) in [7, 11) is 1.81. The van der Waals surface area contributed by atoms with Crippen molar-refractivity contribution < 1.29 is 9.59 Å². The van der Waals surface area contributed by atoms with Gasteiger partial charge in [0.2, 0.25) is 11.8 Å². The van der Waals surface area contributed by atoms with E-state index < -0.39 is 0 Å². The lowest BCUT2D eigenvalue weighted by molar-refractivity contribution is -0.126. The van der Waals surface area contributed by atoms with Gasteiger partial charge in [0.05, 0.1) is 6.42 Å². The van der Waals surface area contributed by atoms with E-state index in [4.69, 9.17) is 0 Å². The minimum absolute atomic E-state index is 0.0905. The zero-order chi connectivity index (χ0) is 16.2. The monoisotopic (exact) mass is 309 g/mol. The van der Waals surface area contributed by atoms with E-state index in [1.165, 1.54) is 0 Å². The summed E-state index contributed by atoms with van der Waals surface area (Å²) in [5.41, 5.74) is 2.00. The largest absolute Gasteiger partial charge is 0.345 e. The van der Waals surface area contributed by atoms with Crippen LogP contribution in [0, 0.1) is 0 Å². The second-order valence-electron chi connectivity index (χ2n) is 5.86. The number of carbonyl (C=O) groups is 2.